The Hall–Kier alpha value is -1.02. The Labute approximate surface area is 98.3 Å². The molecule has 1 rings (SSSR count). The van der Waals surface area contributed by atoms with E-state index < -0.39 is 6.10 Å². The quantitative estimate of drug-likeness (QED) is 0.844. The van der Waals surface area contributed by atoms with Gasteiger partial charge in [0.05, 0.1) is 12.7 Å². The molecule has 2 heteroatoms. The Morgan fingerprint density at radius 3 is 2.19 bits per heavy atom. The van der Waals surface area contributed by atoms with E-state index in [9.17, 15) is 5.11 Å². The molecule has 0 saturated carbocycles. The van der Waals surface area contributed by atoms with Crippen LogP contribution in [0.5, 0.6) is 5.75 Å². The largest absolute Gasteiger partial charge is 0.493 e. The molecule has 1 unspecified atom stereocenters. The molecule has 0 saturated heterocycles. The summed E-state index contributed by atoms with van der Waals surface area (Å²) < 4.78 is 5.66. The van der Waals surface area contributed by atoms with E-state index in [-0.39, 0.29) is 0 Å². The van der Waals surface area contributed by atoms with E-state index >= 15 is 0 Å². The maximum Gasteiger partial charge on any atom is 0.128 e. The molecule has 0 fully saturated rings. The van der Waals surface area contributed by atoms with Gasteiger partial charge in [0.25, 0.3) is 0 Å². The van der Waals surface area contributed by atoms with Crippen molar-refractivity contribution in [3.63, 3.8) is 0 Å². The van der Waals surface area contributed by atoms with Crippen LogP contribution in [-0.4, -0.2) is 11.7 Å². The van der Waals surface area contributed by atoms with E-state index in [1.807, 2.05) is 13.0 Å². The van der Waals surface area contributed by atoms with E-state index in [4.69, 9.17) is 4.74 Å². The zero-order chi connectivity index (χ0) is 12.3. The van der Waals surface area contributed by atoms with Gasteiger partial charge in [0.2, 0.25) is 0 Å². The summed E-state index contributed by atoms with van der Waals surface area (Å²) in [5, 5.41) is 9.71. The van der Waals surface area contributed by atoms with Gasteiger partial charge in [-0.3, -0.25) is 0 Å². The number of benzene rings is 1. The maximum absolute atomic E-state index is 9.71. The van der Waals surface area contributed by atoms with E-state index in [2.05, 4.69) is 26.8 Å². The molecule has 0 bridgehead atoms. The number of aliphatic hydroxyl groups is 1. The van der Waals surface area contributed by atoms with Crippen LogP contribution in [0.2, 0.25) is 0 Å². The molecular weight excluding hydrogens is 200 g/mol. The highest BCUT2D eigenvalue weighted by Gasteiger charge is 2.15. The third kappa shape index (κ3) is 2.56. The summed E-state index contributed by atoms with van der Waals surface area (Å²) in [6.45, 7) is 10.8. The van der Waals surface area contributed by atoms with Gasteiger partial charge in [-0.05, 0) is 37.8 Å². The molecule has 0 aliphatic rings. The molecule has 2 nitrogen and oxygen atoms in total. The fourth-order valence-electron chi connectivity index (χ4n) is 2.02. The lowest BCUT2D eigenvalue weighted by atomic mass is 9.94. The van der Waals surface area contributed by atoms with E-state index in [0.29, 0.717) is 12.5 Å². The topological polar surface area (TPSA) is 29.5 Å². The van der Waals surface area contributed by atoms with Crippen molar-refractivity contribution in [3.05, 3.63) is 28.8 Å². The lowest BCUT2D eigenvalue weighted by Crippen LogP contribution is -2.05. The first kappa shape index (κ1) is 13.0. The van der Waals surface area contributed by atoms with Gasteiger partial charge in [-0.1, -0.05) is 26.0 Å². The summed E-state index contributed by atoms with van der Waals surface area (Å²) in [6, 6.07) is 4.06. The molecule has 0 spiro atoms. The van der Waals surface area contributed by atoms with Gasteiger partial charge >= 0.3 is 0 Å². The predicted molar refractivity (Wildman–Crippen MR) is 67.1 cm³/mol. The highest BCUT2D eigenvalue weighted by atomic mass is 16.5. The highest BCUT2D eigenvalue weighted by molar-refractivity contribution is 5.47. The first-order valence-corrected chi connectivity index (χ1v) is 5.93. The van der Waals surface area contributed by atoms with Crippen LogP contribution < -0.4 is 4.74 Å². The predicted octanol–water partition coefficient (Wildman–Crippen LogP) is 3.57. The summed E-state index contributed by atoms with van der Waals surface area (Å²) >= 11 is 0. The van der Waals surface area contributed by atoms with Crippen molar-refractivity contribution in [3.8, 4) is 5.75 Å². The lowest BCUT2D eigenvalue weighted by Gasteiger charge is -2.19. The van der Waals surface area contributed by atoms with Crippen molar-refractivity contribution in [1.29, 1.82) is 0 Å². The third-order valence-corrected chi connectivity index (χ3v) is 2.84. The second kappa shape index (κ2) is 5.35. The van der Waals surface area contributed by atoms with Crippen LogP contribution in [-0.2, 0) is 0 Å². The second-order valence-corrected chi connectivity index (χ2v) is 4.46. The fraction of sp³-hybridized carbons (Fsp3) is 0.571. The summed E-state index contributed by atoms with van der Waals surface area (Å²) in [5.41, 5.74) is 3.31. The van der Waals surface area contributed by atoms with E-state index in [1.165, 1.54) is 5.56 Å². The average Bonchev–Trinajstić information content (AvgIpc) is 2.20. The molecule has 0 amide bonds. The standard InChI is InChI=1S/C14H22O2/c1-6-16-14-10(4)12(9(2)3)7-8-13(14)11(5)15/h7-9,11,15H,6H2,1-5H3. The fourth-order valence-corrected chi connectivity index (χ4v) is 2.02. The molecule has 1 N–H and O–H groups in total. The Balaban J connectivity index is 3.29. The molecule has 1 aromatic carbocycles. The van der Waals surface area contributed by atoms with Crippen LogP contribution in [0, 0.1) is 6.92 Å². The average molecular weight is 222 g/mol. The van der Waals surface area contributed by atoms with Crippen LogP contribution in [0.25, 0.3) is 0 Å². The van der Waals surface area contributed by atoms with Crippen molar-refractivity contribution >= 4 is 0 Å². The van der Waals surface area contributed by atoms with Crippen LogP contribution in [0.4, 0.5) is 0 Å². The molecular formula is C14H22O2. The van der Waals surface area contributed by atoms with Gasteiger partial charge in [-0.25, -0.2) is 0 Å². The van der Waals surface area contributed by atoms with Crippen molar-refractivity contribution < 1.29 is 9.84 Å². The Bertz CT molecular complexity index is 354. The minimum Gasteiger partial charge on any atom is -0.493 e. The number of aliphatic hydroxyl groups excluding tert-OH is 1. The second-order valence-electron chi connectivity index (χ2n) is 4.46. The molecule has 16 heavy (non-hydrogen) atoms. The third-order valence-electron chi connectivity index (χ3n) is 2.84. The van der Waals surface area contributed by atoms with E-state index in [0.717, 1.165) is 16.9 Å². The number of hydrogen-bond donors (Lipinski definition) is 1. The van der Waals surface area contributed by atoms with Crippen molar-refractivity contribution in [2.24, 2.45) is 0 Å². The molecule has 0 aliphatic carbocycles. The summed E-state index contributed by atoms with van der Waals surface area (Å²) in [5.74, 6) is 1.32. The highest BCUT2D eigenvalue weighted by Crippen LogP contribution is 2.34. The SMILES string of the molecule is CCOc1c(C(C)O)ccc(C(C)C)c1C. The maximum atomic E-state index is 9.71. The lowest BCUT2D eigenvalue weighted by molar-refractivity contribution is 0.192. The molecule has 90 valence electrons. The molecule has 0 radical (unpaired) electrons. The van der Waals surface area contributed by atoms with Crippen molar-refractivity contribution in [2.75, 3.05) is 6.61 Å². The normalized spacial score (nSPS) is 12.9. The van der Waals surface area contributed by atoms with Gasteiger partial charge in [-0.2, -0.15) is 0 Å². The van der Waals surface area contributed by atoms with Gasteiger partial charge in [0.1, 0.15) is 5.75 Å². The van der Waals surface area contributed by atoms with Crippen LogP contribution in [0.1, 0.15) is 56.4 Å². The molecule has 0 aliphatic heterocycles. The molecule has 0 aromatic heterocycles. The van der Waals surface area contributed by atoms with Gasteiger partial charge in [0.15, 0.2) is 0 Å². The summed E-state index contributed by atoms with van der Waals surface area (Å²) in [6.07, 6.45) is -0.485. The first-order chi connectivity index (χ1) is 7.49. The number of rotatable bonds is 4. The minimum atomic E-state index is -0.485. The Morgan fingerprint density at radius 1 is 1.19 bits per heavy atom. The Kier molecular flexibility index (Phi) is 4.36. The molecule has 1 atom stereocenters. The van der Waals surface area contributed by atoms with Gasteiger partial charge in [-0.15, -0.1) is 0 Å². The van der Waals surface area contributed by atoms with Crippen molar-refractivity contribution in [2.45, 2.75) is 46.6 Å². The molecule has 0 heterocycles. The Morgan fingerprint density at radius 2 is 1.75 bits per heavy atom. The van der Waals surface area contributed by atoms with Gasteiger partial charge in [0, 0.05) is 5.56 Å². The zero-order valence-corrected chi connectivity index (χ0v) is 10.9. The number of ether oxygens (including phenoxy) is 1. The van der Waals surface area contributed by atoms with Crippen molar-refractivity contribution in [1.82, 2.24) is 0 Å². The van der Waals surface area contributed by atoms with Gasteiger partial charge < -0.3 is 9.84 Å². The number of hydrogen-bond acceptors (Lipinski definition) is 2. The van der Waals surface area contributed by atoms with Crippen LogP contribution in [0.3, 0.4) is 0 Å². The summed E-state index contributed by atoms with van der Waals surface area (Å²) in [4.78, 5) is 0. The van der Waals surface area contributed by atoms with Crippen LogP contribution >= 0.6 is 0 Å². The smallest absolute Gasteiger partial charge is 0.128 e. The van der Waals surface area contributed by atoms with Crippen LogP contribution in [0.15, 0.2) is 12.1 Å². The van der Waals surface area contributed by atoms with E-state index in [1.54, 1.807) is 6.92 Å². The monoisotopic (exact) mass is 222 g/mol. The zero-order valence-electron chi connectivity index (χ0n) is 10.9. The molecule has 1 aromatic rings. The first-order valence-electron chi connectivity index (χ1n) is 5.93. The summed E-state index contributed by atoms with van der Waals surface area (Å²) in [7, 11) is 0. The minimum absolute atomic E-state index is 0.474.